The predicted octanol–water partition coefficient (Wildman–Crippen LogP) is 4.19. The number of sulfone groups is 1. The Morgan fingerprint density at radius 1 is 0.828 bits per heavy atom. The molecule has 3 aromatic rings. The Morgan fingerprint density at radius 3 is 2.03 bits per heavy atom. The lowest BCUT2D eigenvalue weighted by molar-refractivity contribution is -0.112. The van der Waals surface area contributed by atoms with Gasteiger partial charge in [0.25, 0.3) is 5.91 Å². The quantitative estimate of drug-likeness (QED) is 0.652. The lowest BCUT2D eigenvalue weighted by Gasteiger charge is -2.17. The van der Waals surface area contributed by atoms with Gasteiger partial charge < -0.3 is 4.90 Å². The molecule has 6 heteroatoms. The number of carbonyl (C=O) groups excluding carboxylic acids is 1. The van der Waals surface area contributed by atoms with E-state index < -0.39 is 9.84 Å². The average molecular weight is 407 g/mol. The van der Waals surface area contributed by atoms with Crippen molar-refractivity contribution in [2.45, 2.75) is 4.90 Å². The van der Waals surface area contributed by atoms with E-state index in [1.54, 1.807) is 41.3 Å². The van der Waals surface area contributed by atoms with Crippen LogP contribution >= 0.6 is 0 Å². The first-order chi connectivity index (χ1) is 13.8. The normalized spacial score (nSPS) is 14.6. The zero-order chi connectivity index (χ0) is 20.6. The van der Waals surface area contributed by atoms with Crippen LogP contribution < -0.4 is 4.90 Å². The summed E-state index contributed by atoms with van der Waals surface area (Å²) in [5.41, 5.74) is 3.51. The molecule has 3 aromatic carbocycles. The van der Waals surface area contributed by atoms with Crippen molar-refractivity contribution in [3.05, 3.63) is 95.8 Å². The highest BCUT2D eigenvalue weighted by molar-refractivity contribution is 7.90. The van der Waals surface area contributed by atoms with E-state index in [4.69, 9.17) is 0 Å². The summed E-state index contributed by atoms with van der Waals surface area (Å²) in [5, 5.41) is 0. The van der Waals surface area contributed by atoms with Crippen molar-refractivity contribution in [2.75, 3.05) is 17.7 Å². The number of amides is 1. The number of halogens is 1. The summed E-state index contributed by atoms with van der Waals surface area (Å²) in [4.78, 5) is 15.1. The van der Waals surface area contributed by atoms with Crippen LogP contribution in [0.3, 0.4) is 0 Å². The van der Waals surface area contributed by atoms with Gasteiger partial charge in [0.15, 0.2) is 9.84 Å². The fraction of sp³-hybridized carbons (Fsp3) is 0.0870. The van der Waals surface area contributed by atoms with Gasteiger partial charge in [0.05, 0.1) is 17.0 Å². The molecule has 1 heterocycles. The van der Waals surface area contributed by atoms with Crippen LogP contribution in [0.5, 0.6) is 0 Å². The molecule has 0 aromatic heterocycles. The van der Waals surface area contributed by atoms with Crippen molar-refractivity contribution in [1.29, 1.82) is 0 Å². The second-order valence-electron chi connectivity index (χ2n) is 6.88. The van der Waals surface area contributed by atoms with E-state index in [1.807, 2.05) is 30.3 Å². The van der Waals surface area contributed by atoms with Gasteiger partial charge >= 0.3 is 0 Å². The van der Waals surface area contributed by atoms with Gasteiger partial charge in [0.1, 0.15) is 5.82 Å². The van der Waals surface area contributed by atoms with Crippen LogP contribution in [0.25, 0.3) is 11.1 Å². The molecule has 0 N–H and O–H groups in total. The number of hydrogen-bond acceptors (Lipinski definition) is 3. The molecule has 0 unspecified atom stereocenters. The maximum absolute atomic E-state index is 13.3. The fourth-order valence-electron chi connectivity index (χ4n) is 3.44. The topological polar surface area (TPSA) is 54.5 Å². The minimum Gasteiger partial charge on any atom is -0.304 e. The van der Waals surface area contributed by atoms with Gasteiger partial charge in [-0.05, 0) is 53.1 Å². The number of hydrogen-bond donors (Lipinski definition) is 0. The molecule has 1 aliphatic rings. The highest BCUT2D eigenvalue weighted by atomic mass is 32.2. The minimum atomic E-state index is -3.31. The largest absolute Gasteiger partial charge is 0.304 e. The zero-order valence-corrected chi connectivity index (χ0v) is 16.5. The van der Waals surface area contributed by atoms with Gasteiger partial charge in [-0.1, -0.05) is 42.5 Å². The summed E-state index contributed by atoms with van der Waals surface area (Å²) in [7, 11) is -3.31. The van der Waals surface area contributed by atoms with Gasteiger partial charge in [-0.2, -0.15) is 0 Å². The Bertz CT molecular complexity index is 1200. The first-order valence-corrected chi connectivity index (χ1v) is 10.9. The van der Waals surface area contributed by atoms with E-state index in [-0.39, 0.29) is 16.6 Å². The Kier molecular flexibility index (Phi) is 4.80. The lowest BCUT2D eigenvalue weighted by atomic mass is 9.97. The monoisotopic (exact) mass is 407 g/mol. The molecule has 29 heavy (non-hydrogen) atoms. The van der Waals surface area contributed by atoms with Gasteiger partial charge in [-0.3, -0.25) is 4.79 Å². The van der Waals surface area contributed by atoms with Crippen molar-refractivity contribution in [3.63, 3.8) is 0 Å². The molecule has 4 nitrogen and oxygen atoms in total. The molecule has 0 saturated carbocycles. The van der Waals surface area contributed by atoms with Crippen LogP contribution in [0.2, 0.25) is 0 Å². The summed E-state index contributed by atoms with van der Waals surface area (Å²) in [5.74, 6) is -0.543. The molecule has 0 saturated heterocycles. The molecular weight excluding hydrogens is 389 g/mol. The van der Waals surface area contributed by atoms with Crippen molar-refractivity contribution < 1.29 is 17.6 Å². The molecule has 0 aliphatic carbocycles. The third kappa shape index (κ3) is 3.71. The second-order valence-corrected chi connectivity index (χ2v) is 8.90. The Morgan fingerprint density at radius 2 is 1.45 bits per heavy atom. The van der Waals surface area contributed by atoms with E-state index in [2.05, 4.69) is 0 Å². The summed E-state index contributed by atoms with van der Waals surface area (Å²) in [6.07, 6.45) is 1.16. The van der Waals surface area contributed by atoms with Crippen LogP contribution in [-0.4, -0.2) is 27.1 Å². The van der Waals surface area contributed by atoms with Crippen molar-refractivity contribution in [1.82, 2.24) is 0 Å². The molecule has 0 fully saturated rings. The number of rotatable bonds is 4. The van der Waals surface area contributed by atoms with Gasteiger partial charge in [-0.15, -0.1) is 0 Å². The maximum Gasteiger partial charge on any atom is 0.259 e. The van der Waals surface area contributed by atoms with E-state index in [1.165, 1.54) is 12.1 Å². The van der Waals surface area contributed by atoms with Crippen LogP contribution in [0, 0.1) is 5.82 Å². The number of nitrogens with zero attached hydrogens (tertiary/aromatic N) is 1. The SMILES string of the molecule is CS(=O)(=O)c1ccc(C2=C(c3ccccc3)C(=O)N(c3ccc(F)cc3)C2)cc1. The summed E-state index contributed by atoms with van der Waals surface area (Å²) in [6, 6.07) is 21.7. The minimum absolute atomic E-state index is 0.176. The van der Waals surface area contributed by atoms with Crippen LogP contribution in [0.15, 0.2) is 83.8 Å². The van der Waals surface area contributed by atoms with Crippen LogP contribution in [0.4, 0.5) is 10.1 Å². The molecular formula is C23H18FNO3S. The van der Waals surface area contributed by atoms with E-state index >= 15 is 0 Å². The Labute approximate surface area is 168 Å². The third-order valence-electron chi connectivity index (χ3n) is 4.91. The predicted molar refractivity (Wildman–Crippen MR) is 112 cm³/mol. The highest BCUT2D eigenvalue weighted by Gasteiger charge is 2.33. The number of carbonyl (C=O) groups is 1. The molecule has 4 rings (SSSR count). The zero-order valence-electron chi connectivity index (χ0n) is 15.7. The second kappa shape index (κ2) is 7.29. The van der Waals surface area contributed by atoms with E-state index in [9.17, 15) is 17.6 Å². The van der Waals surface area contributed by atoms with E-state index in [0.29, 0.717) is 17.8 Å². The fourth-order valence-corrected chi connectivity index (χ4v) is 4.07. The standard InChI is InChI=1S/C23H18FNO3S/c1-29(27,28)20-13-7-16(8-14-20)21-15-25(19-11-9-18(24)10-12-19)23(26)22(21)17-5-3-2-4-6-17/h2-14H,15H2,1H3. The highest BCUT2D eigenvalue weighted by Crippen LogP contribution is 2.37. The van der Waals surface area contributed by atoms with Crippen molar-refractivity contribution in [3.8, 4) is 0 Å². The summed E-state index contributed by atoms with van der Waals surface area (Å²) >= 11 is 0. The third-order valence-corrected chi connectivity index (χ3v) is 6.04. The molecule has 1 aliphatic heterocycles. The molecule has 0 bridgehead atoms. The molecule has 1 amide bonds. The Hall–Kier alpha value is -3.25. The molecule has 0 radical (unpaired) electrons. The van der Waals surface area contributed by atoms with Crippen LogP contribution in [0.1, 0.15) is 11.1 Å². The van der Waals surface area contributed by atoms with Gasteiger partial charge in [-0.25, -0.2) is 12.8 Å². The molecule has 146 valence electrons. The number of benzene rings is 3. The smallest absolute Gasteiger partial charge is 0.259 e. The maximum atomic E-state index is 13.3. The Balaban J connectivity index is 1.81. The lowest BCUT2D eigenvalue weighted by Crippen LogP contribution is -2.26. The molecule has 0 atom stereocenters. The first kappa shape index (κ1) is 19.1. The van der Waals surface area contributed by atoms with Crippen molar-refractivity contribution >= 4 is 32.6 Å². The summed E-state index contributed by atoms with van der Waals surface area (Å²) < 4.78 is 36.9. The van der Waals surface area contributed by atoms with Gasteiger partial charge in [0, 0.05) is 11.9 Å². The van der Waals surface area contributed by atoms with Gasteiger partial charge in [0.2, 0.25) is 0 Å². The molecule has 0 spiro atoms. The summed E-state index contributed by atoms with van der Waals surface area (Å²) in [6.45, 7) is 0.312. The first-order valence-electron chi connectivity index (χ1n) is 9.01. The van der Waals surface area contributed by atoms with E-state index in [0.717, 1.165) is 23.0 Å². The van der Waals surface area contributed by atoms with Crippen molar-refractivity contribution in [2.24, 2.45) is 0 Å². The average Bonchev–Trinajstić information content (AvgIpc) is 3.06. The number of anilines is 1. The van der Waals surface area contributed by atoms with Crippen LogP contribution in [-0.2, 0) is 14.6 Å².